The zero-order chi connectivity index (χ0) is 23.3. The summed E-state index contributed by atoms with van der Waals surface area (Å²) in [6, 6.07) is 2.74. The molecule has 0 atom stereocenters. The fourth-order valence-electron chi connectivity index (χ4n) is 4.23. The predicted octanol–water partition coefficient (Wildman–Crippen LogP) is 2.19. The van der Waals surface area contributed by atoms with Gasteiger partial charge in [0.15, 0.2) is 0 Å². The maximum absolute atomic E-state index is 12.8. The lowest BCUT2D eigenvalue weighted by Crippen LogP contribution is -2.32. The van der Waals surface area contributed by atoms with Gasteiger partial charge in [-0.05, 0) is 18.6 Å². The summed E-state index contributed by atoms with van der Waals surface area (Å²) >= 11 is 0. The lowest BCUT2D eigenvalue weighted by Gasteiger charge is -2.02. The number of benzene rings is 1. The molecule has 0 aliphatic carbocycles. The van der Waals surface area contributed by atoms with E-state index < -0.39 is 22.2 Å². The second-order valence-corrected chi connectivity index (χ2v) is 8.43. The lowest BCUT2D eigenvalue weighted by atomic mass is 10.1. The van der Waals surface area contributed by atoms with Gasteiger partial charge < -0.3 is 5.32 Å². The van der Waals surface area contributed by atoms with Crippen molar-refractivity contribution in [2.45, 2.75) is 78.3 Å². The van der Waals surface area contributed by atoms with E-state index >= 15 is 0 Å². The molecule has 0 bridgehead atoms. The third-order valence-corrected chi connectivity index (χ3v) is 6.00. The topological polar surface area (TPSA) is 107 Å². The Labute approximate surface area is 185 Å². The Morgan fingerprint density at radius 1 is 0.688 bits per heavy atom. The van der Waals surface area contributed by atoms with Gasteiger partial charge in [-0.1, -0.05) is 51.9 Å². The van der Waals surface area contributed by atoms with Gasteiger partial charge in [-0.2, -0.15) is 0 Å². The van der Waals surface area contributed by atoms with Crippen LogP contribution in [0.1, 0.15) is 65.2 Å². The van der Waals surface area contributed by atoms with E-state index in [0.29, 0.717) is 6.54 Å². The van der Waals surface area contributed by atoms with Crippen LogP contribution in [0, 0.1) is 0 Å². The Morgan fingerprint density at radius 2 is 1.09 bits per heavy atom. The van der Waals surface area contributed by atoms with Crippen LogP contribution in [0.15, 0.2) is 31.3 Å². The number of carbonyl (C=O) groups is 1. The molecular formula is C24H31N3O5. The number of hydrogen-bond acceptors (Lipinski definition) is 5. The summed E-state index contributed by atoms with van der Waals surface area (Å²) in [4.78, 5) is 62.0. The van der Waals surface area contributed by atoms with Crippen molar-refractivity contribution in [1.29, 1.82) is 0 Å². The molecule has 1 aromatic carbocycles. The summed E-state index contributed by atoms with van der Waals surface area (Å²) in [5.74, 6) is -0.256. The Balaban J connectivity index is 1.78. The maximum Gasteiger partial charge on any atom is 0.261 e. The van der Waals surface area contributed by atoms with E-state index in [2.05, 4.69) is 12.2 Å². The van der Waals surface area contributed by atoms with Crippen molar-refractivity contribution >= 4 is 27.5 Å². The third kappa shape index (κ3) is 4.89. The number of carbonyl (C=O) groups excluding carboxylic acids is 1. The van der Waals surface area contributed by atoms with Crippen molar-refractivity contribution in [3.05, 3.63) is 53.5 Å². The average molecular weight is 442 g/mol. The van der Waals surface area contributed by atoms with Gasteiger partial charge in [-0.25, -0.2) is 0 Å². The largest absolute Gasteiger partial charge is 0.355 e. The highest BCUT2D eigenvalue weighted by Crippen LogP contribution is 2.15. The molecule has 0 spiro atoms. The Hall–Kier alpha value is -3.03. The summed E-state index contributed by atoms with van der Waals surface area (Å²) in [5.41, 5.74) is -1.85. The summed E-state index contributed by atoms with van der Waals surface area (Å²) in [7, 11) is 0. The van der Waals surface area contributed by atoms with Gasteiger partial charge in [0.05, 0.1) is 21.5 Å². The number of nitrogens with one attached hydrogen (secondary N) is 1. The number of aromatic nitrogens is 2. The highest BCUT2D eigenvalue weighted by molar-refractivity contribution is 5.97. The van der Waals surface area contributed by atoms with Crippen LogP contribution in [0.5, 0.6) is 0 Å². The molecule has 8 nitrogen and oxygen atoms in total. The van der Waals surface area contributed by atoms with E-state index in [1.807, 2.05) is 0 Å². The molecule has 8 heteroatoms. The van der Waals surface area contributed by atoms with Crippen molar-refractivity contribution in [3.8, 4) is 0 Å². The highest BCUT2D eigenvalue weighted by atomic mass is 16.2. The smallest absolute Gasteiger partial charge is 0.261 e. The zero-order valence-electron chi connectivity index (χ0n) is 18.9. The van der Waals surface area contributed by atoms with Crippen molar-refractivity contribution in [3.63, 3.8) is 0 Å². The number of rotatable bonds is 12. The SMILES string of the molecule is CCCCCCCCCCn1c(=O)c2cc3c(=O)n(CCNC(C)=O)c(=O)c3cc2c1=O. The Bertz CT molecular complexity index is 1230. The number of fused-ring (bicyclic) bond motifs is 2. The molecule has 3 rings (SSSR count). The molecule has 0 saturated heterocycles. The average Bonchev–Trinajstić information content (AvgIpc) is 3.14. The van der Waals surface area contributed by atoms with Crippen LogP contribution < -0.4 is 27.6 Å². The van der Waals surface area contributed by atoms with Crippen LogP contribution in [-0.2, 0) is 17.9 Å². The monoisotopic (exact) mass is 441 g/mol. The number of unbranched alkanes of at least 4 members (excludes halogenated alkanes) is 7. The summed E-state index contributed by atoms with van der Waals surface area (Å²) in [6.07, 6.45) is 8.89. The van der Waals surface area contributed by atoms with E-state index in [1.54, 1.807) is 0 Å². The van der Waals surface area contributed by atoms with Crippen LogP contribution in [0.4, 0.5) is 0 Å². The van der Waals surface area contributed by atoms with Crippen molar-refractivity contribution in [2.24, 2.45) is 0 Å². The standard InChI is InChI=1S/C24H31N3O5/c1-3-4-5-6-7-8-9-10-12-26-21(29)17-14-19-20(15-18(17)22(26)30)24(32)27(23(19)31)13-11-25-16(2)28/h14-15H,3-13H2,1-2H3,(H,25,28). The summed E-state index contributed by atoms with van der Waals surface area (Å²) in [5, 5.41) is 3.17. The first kappa shape index (κ1) is 23.6. The maximum atomic E-state index is 12.8. The van der Waals surface area contributed by atoms with Crippen LogP contribution in [0.2, 0.25) is 0 Å². The molecule has 0 aliphatic heterocycles. The Kier molecular flexibility index (Phi) is 7.77. The fraction of sp³-hybridized carbons (Fsp3) is 0.542. The van der Waals surface area contributed by atoms with Gasteiger partial charge >= 0.3 is 0 Å². The zero-order valence-corrected chi connectivity index (χ0v) is 18.9. The van der Waals surface area contributed by atoms with Crippen LogP contribution in [0.3, 0.4) is 0 Å². The normalized spacial score (nSPS) is 11.6. The second-order valence-electron chi connectivity index (χ2n) is 8.43. The quantitative estimate of drug-likeness (QED) is 0.434. The highest BCUT2D eigenvalue weighted by Gasteiger charge is 2.19. The van der Waals surface area contributed by atoms with Gasteiger partial charge in [-0.3, -0.25) is 33.1 Å². The molecule has 0 fully saturated rings. The predicted molar refractivity (Wildman–Crippen MR) is 126 cm³/mol. The minimum Gasteiger partial charge on any atom is -0.355 e. The number of hydrogen-bond donors (Lipinski definition) is 1. The van der Waals surface area contributed by atoms with Gasteiger partial charge in [0.25, 0.3) is 22.2 Å². The van der Waals surface area contributed by atoms with Crippen molar-refractivity contribution in [1.82, 2.24) is 14.5 Å². The lowest BCUT2D eigenvalue weighted by molar-refractivity contribution is -0.118. The molecule has 172 valence electrons. The van der Waals surface area contributed by atoms with Crippen molar-refractivity contribution in [2.75, 3.05) is 6.54 Å². The molecule has 0 unspecified atom stereocenters. The first-order chi connectivity index (χ1) is 15.4. The van der Waals surface area contributed by atoms with E-state index in [9.17, 15) is 24.0 Å². The van der Waals surface area contributed by atoms with Gasteiger partial charge in [0, 0.05) is 26.6 Å². The summed E-state index contributed by atoms with van der Waals surface area (Å²) in [6.45, 7) is 4.06. The fourth-order valence-corrected chi connectivity index (χ4v) is 4.23. The first-order valence-corrected chi connectivity index (χ1v) is 11.5. The van der Waals surface area contributed by atoms with E-state index in [-0.39, 0.29) is 40.5 Å². The van der Waals surface area contributed by atoms with Gasteiger partial charge in [0.1, 0.15) is 0 Å². The van der Waals surface area contributed by atoms with Crippen LogP contribution >= 0.6 is 0 Å². The number of amides is 1. The second kappa shape index (κ2) is 10.5. The molecule has 0 radical (unpaired) electrons. The molecule has 0 aliphatic rings. The molecule has 1 amide bonds. The third-order valence-electron chi connectivity index (χ3n) is 6.00. The van der Waals surface area contributed by atoms with Gasteiger partial charge in [-0.15, -0.1) is 0 Å². The van der Waals surface area contributed by atoms with E-state index in [4.69, 9.17) is 0 Å². The van der Waals surface area contributed by atoms with Crippen LogP contribution in [-0.4, -0.2) is 21.6 Å². The molecule has 2 heterocycles. The minimum atomic E-state index is -0.514. The first-order valence-electron chi connectivity index (χ1n) is 11.5. The molecule has 3 aromatic rings. The molecule has 1 N–H and O–H groups in total. The molecular weight excluding hydrogens is 410 g/mol. The van der Waals surface area contributed by atoms with Crippen LogP contribution in [0.25, 0.3) is 21.5 Å². The molecule has 32 heavy (non-hydrogen) atoms. The van der Waals surface area contributed by atoms with E-state index in [0.717, 1.165) is 30.3 Å². The molecule has 0 saturated carbocycles. The van der Waals surface area contributed by atoms with E-state index in [1.165, 1.54) is 49.3 Å². The summed E-state index contributed by atoms with van der Waals surface area (Å²) < 4.78 is 2.25. The van der Waals surface area contributed by atoms with Gasteiger partial charge in [0.2, 0.25) is 5.91 Å². The number of nitrogens with zero attached hydrogens (tertiary/aromatic N) is 2. The minimum absolute atomic E-state index is 0.0308. The van der Waals surface area contributed by atoms with Crippen molar-refractivity contribution < 1.29 is 4.79 Å². The molecule has 2 aromatic heterocycles. The Morgan fingerprint density at radius 3 is 1.53 bits per heavy atom.